The SMILES string of the molecule is O=C(OCC(F)(F)F)c1cccnc1. The highest BCUT2D eigenvalue weighted by Gasteiger charge is 2.29. The normalized spacial score (nSPS) is 11.1. The highest BCUT2D eigenvalue weighted by molar-refractivity contribution is 5.88. The molecule has 76 valence electrons. The number of alkyl halides is 3. The van der Waals surface area contributed by atoms with Crippen LogP contribution in [0.1, 0.15) is 10.4 Å². The summed E-state index contributed by atoms with van der Waals surface area (Å²) < 4.78 is 38.9. The molecule has 0 spiro atoms. The summed E-state index contributed by atoms with van der Waals surface area (Å²) in [5.74, 6) is -1.03. The van der Waals surface area contributed by atoms with Gasteiger partial charge in [-0.1, -0.05) is 0 Å². The van der Waals surface area contributed by atoms with Gasteiger partial charge in [-0.2, -0.15) is 13.2 Å². The Balaban J connectivity index is 2.52. The second-order valence-corrected chi connectivity index (χ2v) is 2.43. The molecule has 0 fully saturated rings. The number of halogens is 3. The van der Waals surface area contributed by atoms with Gasteiger partial charge in [0.15, 0.2) is 6.61 Å². The predicted octanol–water partition coefficient (Wildman–Crippen LogP) is 1.80. The monoisotopic (exact) mass is 205 g/mol. The molecule has 14 heavy (non-hydrogen) atoms. The number of pyridine rings is 1. The van der Waals surface area contributed by atoms with Crippen LogP contribution < -0.4 is 0 Å². The van der Waals surface area contributed by atoms with Gasteiger partial charge in [0.05, 0.1) is 5.56 Å². The van der Waals surface area contributed by atoms with E-state index in [1.807, 2.05) is 0 Å². The minimum Gasteiger partial charge on any atom is -0.452 e. The second kappa shape index (κ2) is 4.08. The van der Waals surface area contributed by atoms with Gasteiger partial charge >= 0.3 is 12.1 Å². The van der Waals surface area contributed by atoms with E-state index in [0.29, 0.717) is 0 Å². The average Bonchev–Trinajstić information content (AvgIpc) is 2.14. The number of carbonyl (C=O) groups excluding carboxylic acids is 1. The summed E-state index contributed by atoms with van der Waals surface area (Å²) >= 11 is 0. The van der Waals surface area contributed by atoms with E-state index < -0.39 is 18.8 Å². The van der Waals surface area contributed by atoms with Crippen molar-refractivity contribution in [2.24, 2.45) is 0 Å². The highest BCUT2D eigenvalue weighted by Crippen LogP contribution is 2.15. The first-order valence-electron chi connectivity index (χ1n) is 3.63. The molecule has 0 N–H and O–H groups in total. The molecular formula is C8H6F3NO2. The molecule has 0 aliphatic heterocycles. The van der Waals surface area contributed by atoms with Gasteiger partial charge in [0.1, 0.15) is 0 Å². The first-order chi connectivity index (χ1) is 6.49. The molecule has 0 amide bonds. The Kier molecular flexibility index (Phi) is 3.06. The molecule has 1 aromatic heterocycles. The smallest absolute Gasteiger partial charge is 0.422 e. The average molecular weight is 205 g/mol. The van der Waals surface area contributed by atoms with E-state index in [9.17, 15) is 18.0 Å². The fourth-order valence-electron chi connectivity index (χ4n) is 0.714. The second-order valence-electron chi connectivity index (χ2n) is 2.43. The van der Waals surface area contributed by atoms with Crippen molar-refractivity contribution in [2.45, 2.75) is 6.18 Å². The summed E-state index contributed by atoms with van der Waals surface area (Å²) in [5.41, 5.74) is -0.00301. The highest BCUT2D eigenvalue weighted by atomic mass is 19.4. The number of hydrogen-bond acceptors (Lipinski definition) is 3. The molecule has 0 saturated heterocycles. The largest absolute Gasteiger partial charge is 0.452 e. The zero-order chi connectivity index (χ0) is 10.6. The van der Waals surface area contributed by atoms with E-state index >= 15 is 0 Å². The fraction of sp³-hybridized carbons (Fsp3) is 0.250. The van der Waals surface area contributed by atoms with E-state index in [0.717, 1.165) is 6.20 Å². The number of ether oxygens (including phenoxy) is 1. The topological polar surface area (TPSA) is 39.2 Å². The molecule has 1 rings (SSSR count). The third-order valence-electron chi connectivity index (χ3n) is 1.26. The van der Waals surface area contributed by atoms with Crippen LogP contribution in [-0.4, -0.2) is 23.7 Å². The van der Waals surface area contributed by atoms with Gasteiger partial charge in [0, 0.05) is 12.4 Å². The lowest BCUT2D eigenvalue weighted by atomic mass is 10.3. The molecular weight excluding hydrogens is 199 g/mol. The third kappa shape index (κ3) is 3.42. The van der Waals surface area contributed by atoms with Crippen molar-refractivity contribution in [3.8, 4) is 0 Å². The van der Waals surface area contributed by atoms with Crippen molar-refractivity contribution in [2.75, 3.05) is 6.61 Å². The Morgan fingerprint density at radius 2 is 2.21 bits per heavy atom. The maximum Gasteiger partial charge on any atom is 0.422 e. The maximum absolute atomic E-state index is 11.6. The Morgan fingerprint density at radius 1 is 1.50 bits per heavy atom. The molecule has 0 unspecified atom stereocenters. The van der Waals surface area contributed by atoms with Crippen LogP contribution in [0.4, 0.5) is 13.2 Å². The number of esters is 1. The molecule has 1 aromatic rings. The number of carbonyl (C=O) groups is 1. The van der Waals surface area contributed by atoms with Gasteiger partial charge in [-0.3, -0.25) is 4.98 Å². The van der Waals surface area contributed by atoms with Crippen LogP contribution in [0.15, 0.2) is 24.5 Å². The Hall–Kier alpha value is -1.59. The lowest BCUT2D eigenvalue weighted by Crippen LogP contribution is -2.20. The number of hydrogen-bond donors (Lipinski definition) is 0. The van der Waals surface area contributed by atoms with Crippen LogP contribution in [0.2, 0.25) is 0 Å². The Labute approximate surface area is 77.5 Å². The maximum atomic E-state index is 11.6. The fourth-order valence-corrected chi connectivity index (χ4v) is 0.714. The Bertz CT molecular complexity index is 310. The van der Waals surface area contributed by atoms with Gasteiger partial charge in [0.25, 0.3) is 0 Å². The molecule has 0 saturated carbocycles. The van der Waals surface area contributed by atoms with Crippen molar-refractivity contribution in [1.82, 2.24) is 4.98 Å². The van der Waals surface area contributed by atoms with E-state index in [1.165, 1.54) is 18.3 Å². The van der Waals surface area contributed by atoms with Crippen LogP contribution in [0.25, 0.3) is 0 Å². The third-order valence-corrected chi connectivity index (χ3v) is 1.26. The van der Waals surface area contributed by atoms with Crippen molar-refractivity contribution >= 4 is 5.97 Å². The number of nitrogens with zero attached hydrogens (tertiary/aromatic N) is 1. The quantitative estimate of drug-likeness (QED) is 0.691. The van der Waals surface area contributed by atoms with E-state index in [2.05, 4.69) is 9.72 Å². The van der Waals surface area contributed by atoms with Gasteiger partial charge < -0.3 is 4.74 Å². The van der Waals surface area contributed by atoms with Crippen LogP contribution in [-0.2, 0) is 4.74 Å². The number of rotatable bonds is 2. The molecule has 0 atom stereocenters. The molecule has 6 heteroatoms. The summed E-state index contributed by atoms with van der Waals surface area (Å²) in [6.45, 7) is -1.58. The van der Waals surface area contributed by atoms with Gasteiger partial charge in [-0.25, -0.2) is 4.79 Å². The zero-order valence-corrected chi connectivity index (χ0v) is 6.91. The lowest BCUT2D eigenvalue weighted by molar-refractivity contribution is -0.161. The summed E-state index contributed by atoms with van der Waals surface area (Å²) in [5, 5.41) is 0. The summed E-state index contributed by atoms with van der Waals surface area (Å²) in [6, 6.07) is 2.76. The van der Waals surface area contributed by atoms with Crippen molar-refractivity contribution < 1.29 is 22.7 Å². The summed E-state index contributed by atoms with van der Waals surface area (Å²) in [7, 11) is 0. The van der Waals surface area contributed by atoms with Crippen molar-refractivity contribution in [3.63, 3.8) is 0 Å². The standard InChI is InChI=1S/C8H6F3NO2/c9-8(10,11)5-14-7(13)6-2-1-3-12-4-6/h1-4H,5H2. The minimum atomic E-state index is -4.50. The van der Waals surface area contributed by atoms with Crippen LogP contribution in [0.5, 0.6) is 0 Å². The van der Waals surface area contributed by atoms with Crippen molar-refractivity contribution in [1.29, 1.82) is 0 Å². The zero-order valence-electron chi connectivity index (χ0n) is 6.91. The molecule has 1 heterocycles. The summed E-state index contributed by atoms with van der Waals surface area (Å²) in [6.07, 6.45) is -1.96. The van der Waals surface area contributed by atoms with E-state index in [4.69, 9.17) is 0 Å². The van der Waals surface area contributed by atoms with Crippen LogP contribution >= 0.6 is 0 Å². The molecule has 0 aliphatic carbocycles. The molecule has 0 bridgehead atoms. The number of aromatic nitrogens is 1. The lowest BCUT2D eigenvalue weighted by Gasteiger charge is -2.06. The predicted molar refractivity (Wildman–Crippen MR) is 40.6 cm³/mol. The first kappa shape index (κ1) is 10.5. The van der Waals surface area contributed by atoms with Crippen molar-refractivity contribution in [3.05, 3.63) is 30.1 Å². The van der Waals surface area contributed by atoms with E-state index in [-0.39, 0.29) is 5.56 Å². The molecule has 3 nitrogen and oxygen atoms in total. The van der Waals surface area contributed by atoms with Gasteiger partial charge in [-0.15, -0.1) is 0 Å². The Morgan fingerprint density at radius 3 is 2.71 bits per heavy atom. The van der Waals surface area contributed by atoms with Gasteiger partial charge in [-0.05, 0) is 12.1 Å². The molecule has 0 radical (unpaired) electrons. The summed E-state index contributed by atoms with van der Waals surface area (Å²) in [4.78, 5) is 14.5. The van der Waals surface area contributed by atoms with E-state index in [1.54, 1.807) is 0 Å². The van der Waals surface area contributed by atoms with Gasteiger partial charge in [0.2, 0.25) is 0 Å². The molecule has 0 aliphatic rings. The van der Waals surface area contributed by atoms with Crippen LogP contribution in [0.3, 0.4) is 0 Å². The first-order valence-corrected chi connectivity index (χ1v) is 3.63. The molecule has 0 aromatic carbocycles. The van der Waals surface area contributed by atoms with Crippen LogP contribution in [0, 0.1) is 0 Å². The minimum absolute atomic E-state index is 0.00301.